The van der Waals surface area contributed by atoms with Gasteiger partial charge in [0.25, 0.3) is 0 Å². The van der Waals surface area contributed by atoms with E-state index in [0.29, 0.717) is 6.61 Å². The molecule has 0 spiro atoms. The molecule has 0 aromatic carbocycles. The van der Waals surface area contributed by atoms with E-state index in [9.17, 15) is 0 Å². The van der Waals surface area contributed by atoms with E-state index in [2.05, 4.69) is 46.3 Å². The molecule has 0 fully saturated rings. The second-order valence-electron chi connectivity index (χ2n) is 5.32. The van der Waals surface area contributed by atoms with Gasteiger partial charge >= 0.3 is 0 Å². The highest BCUT2D eigenvalue weighted by Crippen LogP contribution is 2.16. The highest BCUT2D eigenvalue weighted by Gasteiger charge is 2.18. The Hall–Kier alpha value is -2.40. The van der Waals surface area contributed by atoms with Crippen molar-refractivity contribution in [2.75, 3.05) is 25.2 Å². The number of pyridine rings is 1. The molecule has 5 heteroatoms. The molecule has 1 aromatic heterocycles. The number of hydrogen-bond acceptors (Lipinski definition) is 5. The summed E-state index contributed by atoms with van der Waals surface area (Å²) in [5.74, 6) is 0.915. The molecular weight excluding hydrogens is 300 g/mol. The first kappa shape index (κ1) is 19.6. The number of rotatable bonds is 11. The van der Waals surface area contributed by atoms with Crippen LogP contribution in [0.2, 0.25) is 0 Å². The molecule has 1 aromatic rings. The molecule has 0 bridgehead atoms. The predicted octanol–water partition coefficient (Wildman–Crippen LogP) is 3.45. The first-order valence-electron chi connectivity index (χ1n) is 8.06. The number of methoxy groups -OCH3 is 1. The first-order chi connectivity index (χ1) is 11.6. The van der Waals surface area contributed by atoms with Crippen LogP contribution in [0.5, 0.6) is 0 Å². The van der Waals surface area contributed by atoms with Crippen LogP contribution >= 0.6 is 0 Å². The van der Waals surface area contributed by atoms with Crippen molar-refractivity contribution in [2.24, 2.45) is 4.99 Å². The molecule has 5 nitrogen and oxygen atoms in total. The number of hydrogen-bond donors (Lipinski definition) is 1. The lowest BCUT2D eigenvalue weighted by Gasteiger charge is -2.33. The zero-order valence-electron chi connectivity index (χ0n) is 14.9. The third-order valence-electron chi connectivity index (χ3n) is 3.39. The maximum atomic E-state index is 5.25. The van der Waals surface area contributed by atoms with Crippen LogP contribution in [0.15, 0.2) is 60.5 Å². The van der Waals surface area contributed by atoms with E-state index in [1.807, 2.05) is 25.3 Å². The Bertz CT molecular complexity index is 563. The Balaban J connectivity index is 2.85. The molecule has 0 radical (unpaired) electrons. The van der Waals surface area contributed by atoms with Gasteiger partial charge in [0, 0.05) is 38.0 Å². The summed E-state index contributed by atoms with van der Waals surface area (Å²) in [5.41, 5.74) is 1.93. The fourth-order valence-corrected chi connectivity index (χ4v) is 2.16. The number of nitrogens with one attached hydrogen (secondary N) is 1. The number of aromatic nitrogens is 1. The van der Waals surface area contributed by atoms with Gasteiger partial charge in [0.05, 0.1) is 6.61 Å². The third kappa shape index (κ3) is 6.79. The van der Waals surface area contributed by atoms with Crippen LogP contribution in [0.4, 0.5) is 5.82 Å². The molecule has 0 amide bonds. The van der Waals surface area contributed by atoms with Crippen LogP contribution in [-0.4, -0.2) is 37.6 Å². The van der Waals surface area contributed by atoms with E-state index < -0.39 is 0 Å². The zero-order valence-corrected chi connectivity index (χ0v) is 14.9. The zero-order chi connectivity index (χ0) is 17.8. The van der Waals surface area contributed by atoms with Crippen LogP contribution < -0.4 is 10.2 Å². The van der Waals surface area contributed by atoms with Gasteiger partial charge in [-0.1, -0.05) is 32.2 Å². The lowest BCUT2D eigenvalue weighted by atomic mass is 10.2. The molecule has 130 valence electrons. The third-order valence-corrected chi connectivity index (χ3v) is 3.39. The Morgan fingerprint density at radius 1 is 1.50 bits per heavy atom. The average Bonchev–Trinajstić information content (AvgIpc) is 2.59. The second-order valence-corrected chi connectivity index (χ2v) is 5.32. The molecule has 1 unspecified atom stereocenters. The maximum Gasteiger partial charge on any atom is 0.130 e. The monoisotopic (exact) mass is 328 g/mol. The smallest absolute Gasteiger partial charge is 0.130 e. The van der Waals surface area contributed by atoms with Gasteiger partial charge in [0.1, 0.15) is 12.0 Å². The molecule has 0 aliphatic rings. The summed E-state index contributed by atoms with van der Waals surface area (Å²) in [7, 11) is 1.70. The number of nitrogens with zero attached hydrogens (tertiary/aromatic N) is 3. The minimum Gasteiger partial charge on any atom is -0.383 e. The minimum absolute atomic E-state index is 0.0656. The summed E-state index contributed by atoms with van der Waals surface area (Å²) in [6.45, 7) is 13.1. The van der Waals surface area contributed by atoms with E-state index in [4.69, 9.17) is 4.74 Å². The lowest BCUT2D eigenvalue weighted by Crippen LogP contribution is -2.46. The Kier molecular flexibility index (Phi) is 9.16. The highest BCUT2D eigenvalue weighted by molar-refractivity contribution is 5.70. The molecule has 0 aliphatic carbocycles. The van der Waals surface area contributed by atoms with Crippen molar-refractivity contribution in [3.05, 3.63) is 61.1 Å². The number of aryl methyl sites for hydroxylation is 1. The molecule has 0 saturated heterocycles. The minimum atomic E-state index is 0.0656. The summed E-state index contributed by atoms with van der Waals surface area (Å²) in [5, 5.41) is 3.42. The van der Waals surface area contributed by atoms with Gasteiger partial charge in [0.2, 0.25) is 0 Å². The molecule has 1 atom stereocenters. The molecule has 1 heterocycles. The van der Waals surface area contributed by atoms with Crippen molar-refractivity contribution in [1.29, 1.82) is 0 Å². The molecule has 0 aliphatic heterocycles. The fourth-order valence-electron chi connectivity index (χ4n) is 2.16. The van der Waals surface area contributed by atoms with Crippen LogP contribution in [0.25, 0.3) is 0 Å². The van der Waals surface area contributed by atoms with Crippen LogP contribution in [0, 0.1) is 6.92 Å². The van der Waals surface area contributed by atoms with Crippen molar-refractivity contribution < 1.29 is 4.74 Å². The van der Waals surface area contributed by atoms with E-state index in [0.717, 1.165) is 30.0 Å². The second kappa shape index (κ2) is 11.2. The van der Waals surface area contributed by atoms with E-state index >= 15 is 0 Å². The highest BCUT2D eigenvalue weighted by atomic mass is 16.5. The molecule has 24 heavy (non-hydrogen) atoms. The summed E-state index contributed by atoms with van der Waals surface area (Å²) >= 11 is 0. The Morgan fingerprint density at radius 3 is 2.88 bits per heavy atom. The van der Waals surface area contributed by atoms with Crippen LogP contribution in [0.1, 0.15) is 18.9 Å². The number of anilines is 1. The standard InChI is InChI=1S/C19H28N4O/c1-6-11-20-12-10-17(4)22-18(7-2)23(13-14-24-5)19-9-8-16(3)15-21-19/h6,8-12,15,18,22H,1,4,7,13-14H2,2-3,5H3/b12-10-,20-11?. The van der Waals surface area contributed by atoms with E-state index in [1.54, 1.807) is 25.6 Å². The van der Waals surface area contributed by atoms with Gasteiger partial charge in [-0.2, -0.15) is 0 Å². The van der Waals surface area contributed by atoms with Crippen LogP contribution in [0.3, 0.4) is 0 Å². The summed E-state index contributed by atoms with van der Waals surface area (Å²) in [4.78, 5) is 10.8. The number of aliphatic imine (C=N–C) groups is 1. The van der Waals surface area contributed by atoms with Gasteiger partial charge in [-0.3, -0.25) is 4.99 Å². The quantitative estimate of drug-likeness (QED) is 0.384. The number of ether oxygens (including phenoxy) is 1. The van der Waals surface area contributed by atoms with Gasteiger partial charge in [0.15, 0.2) is 0 Å². The Morgan fingerprint density at radius 2 is 2.29 bits per heavy atom. The van der Waals surface area contributed by atoms with E-state index in [1.165, 1.54) is 0 Å². The van der Waals surface area contributed by atoms with Gasteiger partial charge in [-0.15, -0.1) is 0 Å². The lowest BCUT2D eigenvalue weighted by molar-refractivity contribution is 0.201. The van der Waals surface area contributed by atoms with Crippen molar-refractivity contribution >= 4 is 12.0 Å². The molecule has 1 N–H and O–H groups in total. The molecule has 0 saturated carbocycles. The Labute approximate surface area is 145 Å². The SMILES string of the molecule is C=CC=N/C=C\C(=C)NC(CC)N(CCOC)c1ccc(C)cn1. The first-order valence-corrected chi connectivity index (χ1v) is 8.06. The average molecular weight is 328 g/mol. The molecular formula is C19H28N4O. The topological polar surface area (TPSA) is 49.8 Å². The van der Waals surface area contributed by atoms with Crippen LogP contribution in [-0.2, 0) is 4.74 Å². The van der Waals surface area contributed by atoms with Crippen molar-refractivity contribution in [2.45, 2.75) is 26.4 Å². The number of allylic oxidation sites excluding steroid dienone is 2. The fraction of sp³-hybridized carbons (Fsp3) is 0.368. The van der Waals surface area contributed by atoms with Gasteiger partial charge in [-0.25, -0.2) is 4.98 Å². The van der Waals surface area contributed by atoms with E-state index in [-0.39, 0.29) is 6.17 Å². The summed E-state index contributed by atoms with van der Waals surface area (Å²) in [6.07, 6.45) is 9.61. The van der Waals surface area contributed by atoms with Crippen molar-refractivity contribution in [1.82, 2.24) is 10.3 Å². The molecule has 1 rings (SSSR count). The summed E-state index contributed by atoms with van der Waals surface area (Å²) < 4.78 is 5.25. The summed E-state index contributed by atoms with van der Waals surface area (Å²) in [6, 6.07) is 4.09. The maximum absolute atomic E-state index is 5.25. The predicted molar refractivity (Wildman–Crippen MR) is 102 cm³/mol. The van der Waals surface area contributed by atoms with Crippen molar-refractivity contribution in [3.63, 3.8) is 0 Å². The normalized spacial score (nSPS) is 12.5. The van der Waals surface area contributed by atoms with Gasteiger partial charge < -0.3 is 15.0 Å². The van der Waals surface area contributed by atoms with Crippen molar-refractivity contribution in [3.8, 4) is 0 Å². The largest absolute Gasteiger partial charge is 0.383 e. The van der Waals surface area contributed by atoms with Gasteiger partial charge in [-0.05, 0) is 31.1 Å².